The number of nitrogens with zero attached hydrogens (tertiary/aromatic N) is 2. The van der Waals surface area contributed by atoms with Crippen LogP contribution in [0.4, 0.5) is 0 Å². The maximum Gasteiger partial charge on any atom is 0.0254 e. The molecule has 1 heterocycles. The molecule has 0 radical (unpaired) electrons. The van der Waals surface area contributed by atoms with Gasteiger partial charge in [-0.25, -0.2) is 0 Å². The van der Waals surface area contributed by atoms with Crippen LogP contribution in [0.2, 0.25) is 0 Å². The Hall–Kier alpha value is -0.120. The zero-order valence-corrected chi connectivity index (χ0v) is 14.8. The van der Waals surface area contributed by atoms with E-state index in [2.05, 4.69) is 43.1 Å². The minimum atomic E-state index is 0.748. The number of rotatable bonds is 6. The Balaban J connectivity index is 1.89. The SMILES string of the molecule is CCCNC1CCCCCC1CN1CC(C)C(N(C)C)C1. The first kappa shape index (κ1) is 17.2. The fourth-order valence-electron chi connectivity index (χ4n) is 4.40. The minimum Gasteiger partial charge on any atom is -0.314 e. The van der Waals surface area contributed by atoms with Gasteiger partial charge in [0.05, 0.1) is 0 Å². The largest absolute Gasteiger partial charge is 0.314 e. The fraction of sp³-hybridized carbons (Fsp3) is 1.00. The Kier molecular flexibility index (Phi) is 6.97. The van der Waals surface area contributed by atoms with Crippen LogP contribution >= 0.6 is 0 Å². The second kappa shape index (κ2) is 8.50. The van der Waals surface area contributed by atoms with Crippen LogP contribution in [0.15, 0.2) is 0 Å². The maximum absolute atomic E-state index is 3.84. The molecular formula is C18H37N3. The van der Waals surface area contributed by atoms with Gasteiger partial charge in [-0.3, -0.25) is 0 Å². The maximum atomic E-state index is 3.84. The number of likely N-dealkylation sites (N-methyl/N-ethyl adjacent to an activating group) is 1. The molecule has 2 rings (SSSR count). The molecule has 0 bridgehead atoms. The van der Waals surface area contributed by atoms with Crippen LogP contribution < -0.4 is 5.32 Å². The summed E-state index contributed by atoms with van der Waals surface area (Å²) < 4.78 is 0. The smallest absolute Gasteiger partial charge is 0.0254 e. The molecule has 1 saturated heterocycles. The fourth-order valence-corrected chi connectivity index (χ4v) is 4.40. The van der Waals surface area contributed by atoms with Crippen molar-refractivity contribution in [1.29, 1.82) is 0 Å². The van der Waals surface area contributed by atoms with E-state index < -0.39 is 0 Å². The van der Waals surface area contributed by atoms with Gasteiger partial charge in [0.25, 0.3) is 0 Å². The first-order valence-corrected chi connectivity index (χ1v) is 9.24. The number of hydrogen-bond acceptors (Lipinski definition) is 3. The lowest BCUT2D eigenvalue weighted by molar-refractivity contribution is 0.207. The second-order valence-corrected chi connectivity index (χ2v) is 7.69. The third kappa shape index (κ3) is 4.94. The van der Waals surface area contributed by atoms with Crippen LogP contribution in [0.1, 0.15) is 52.4 Å². The van der Waals surface area contributed by atoms with Crippen molar-refractivity contribution in [3.05, 3.63) is 0 Å². The molecule has 0 aromatic carbocycles. The van der Waals surface area contributed by atoms with E-state index in [1.165, 1.54) is 64.7 Å². The van der Waals surface area contributed by atoms with Gasteiger partial charge < -0.3 is 15.1 Å². The average molecular weight is 296 g/mol. The van der Waals surface area contributed by atoms with Crippen LogP contribution in [0.25, 0.3) is 0 Å². The van der Waals surface area contributed by atoms with Crippen molar-refractivity contribution in [2.75, 3.05) is 40.3 Å². The molecule has 0 amide bonds. The van der Waals surface area contributed by atoms with Gasteiger partial charge in [-0.15, -0.1) is 0 Å². The highest BCUT2D eigenvalue weighted by atomic mass is 15.2. The summed E-state index contributed by atoms with van der Waals surface area (Å²) in [5, 5.41) is 3.84. The zero-order chi connectivity index (χ0) is 15.2. The number of likely N-dealkylation sites (tertiary alicyclic amines) is 1. The van der Waals surface area contributed by atoms with E-state index in [0.717, 1.165) is 23.9 Å². The van der Waals surface area contributed by atoms with E-state index >= 15 is 0 Å². The Bertz CT molecular complexity index is 292. The number of nitrogens with one attached hydrogen (secondary N) is 1. The third-order valence-electron chi connectivity index (χ3n) is 5.62. The predicted molar refractivity (Wildman–Crippen MR) is 91.7 cm³/mol. The molecule has 4 atom stereocenters. The van der Waals surface area contributed by atoms with Crippen molar-refractivity contribution >= 4 is 0 Å². The van der Waals surface area contributed by atoms with Crippen LogP contribution in [0.3, 0.4) is 0 Å². The standard InChI is InChI=1S/C18H37N3/c1-5-11-19-17-10-8-6-7-9-16(17)13-21-12-15(2)18(14-21)20(3)4/h15-19H,5-14H2,1-4H3. The lowest BCUT2D eigenvalue weighted by atomic mass is 9.94. The van der Waals surface area contributed by atoms with Crippen LogP contribution in [-0.4, -0.2) is 62.2 Å². The van der Waals surface area contributed by atoms with Gasteiger partial charge in [0, 0.05) is 31.7 Å². The highest BCUT2D eigenvalue weighted by Gasteiger charge is 2.33. The summed E-state index contributed by atoms with van der Waals surface area (Å²) >= 11 is 0. The lowest BCUT2D eigenvalue weighted by Gasteiger charge is -2.30. The molecule has 21 heavy (non-hydrogen) atoms. The summed E-state index contributed by atoms with van der Waals surface area (Å²) in [6.07, 6.45) is 8.39. The molecule has 2 fully saturated rings. The van der Waals surface area contributed by atoms with Gasteiger partial charge >= 0.3 is 0 Å². The summed E-state index contributed by atoms with van der Waals surface area (Å²) in [5.74, 6) is 1.68. The molecule has 0 spiro atoms. The topological polar surface area (TPSA) is 18.5 Å². The van der Waals surface area contributed by atoms with Crippen molar-refractivity contribution in [2.45, 2.75) is 64.5 Å². The predicted octanol–water partition coefficient (Wildman–Crippen LogP) is 2.82. The molecule has 3 nitrogen and oxygen atoms in total. The van der Waals surface area contributed by atoms with E-state index in [4.69, 9.17) is 0 Å². The summed E-state index contributed by atoms with van der Waals surface area (Å²) in [5.41, 5.74) is 0. The number of hydrogen-bond donors (Lipinski definition) is 1. The molecule has 1 N–H and O–H groups in total. The summed E-state index contributed by atoms with van der Waals surface area (Å²) in [4.78, 5) is 5.16. The van der Waals surface area contributed by atoms with Crippen molar-refractivity contribution < 1.29 is 0 Å². The minimum absolute atomic E-state index is 0.748. The summed E-state index contributed by atoms with van der Waals surface area (Å²) in [7, 11) is 4.48. The Morgan fingerprint density at radius 3 is 2.52 bits per heavy atom. The summed E-state index contributed by atoms with van der Waals surface area (Å²) in [6, 6.07) is 1.51. The lowest BCUT2D eigenvalue weighted by Crippen LogP contribution is -2.42. The molecule has 3 heteroatoms. The normalized spacial score (nSPS) is 35.3. The van der Waals surface area contributed by atoms with E-state index in [1.807, 2.05) is 0 Å². The van der Waals surface area contributed by atoms with Gasteiger partial charge in [0.1, 0.15) is 0 Å². The Labute approximate surface area is 132 Å². The van der Waals surface area contributed by atoms with Gasteiger partial charge in [0.2, 0.25) is 0 Å². The van der Waals surface area contributed by atoms with Gasteiger partial charge in [-0.1, -0.05) is 33.1 Å². The third-order valence-corrected chi connectivity index (χ3v) is 5.62. The van der Waals surface area contributed by atoms with E-state index in [1.54, 1.807) is 0 Å². The van der Waals surface area contributed by atoms with Crippen LogP contribution in [0, 0.1) is 11.8 Å². The average Bonchev–Trinajstić information content (AvgIpc) is 2.67. The highest BCUT2D eigenvalue weighted by molar-refractivity contribution is 4.90. The molecule has 1 saturated carbocycles. The van der Waals surface area contributed by atoms with E-state index in [0.29, 0.717) is 0 Å². The van der Waals surface area contributed by atoms with Gasteiger partial charge in [-0.2, -0.15) is 0 Å². The van der Waals surface area contributed by atoms with Crippen molar-refractivity contribution in [2.24, 2.45) is 11.8 Å². The molecule has 0 aromatic rings. The molecule has 2 aliphatic rings. The van der Waals surface area contributed by atoms with Gasteiger partial charge in [0.15, 0.2) is 0 Å². The Morgan fingerprint density at radius 1 is 1.10 bits per heavy atom. The van der Waals surface area contributed by atoms with Crippen LogP contribution in [-0.2, 0) is 0 Å². The first-order valence-electron chi connectivity index (χ1n) is 9.24. The zero-order valence-electron chi connectivity index (χ0n) is 14.8. The van der Waals surface area contributed by atoms with Crippen LogP contribution in [0.5, 0.6) is 0 Å². The molecule has 1 aliphatic carbocycles. The van der Waals surface area contributed by atoms with E-state index in [-0.39, 0.29) is 0 Å². The highest BCUT2D eigenvalue weighted by Crippen LogP contribution is 2.27. The van der Waals surface area contributed by atoms with Crippen molar-refractivity contribution in [3.63, 3.8) is 0 Å². The Morgan fingerprint density at radius 2 is 1.86 bits per heavy atom. The molecule has 4 unspecified atom stereocenters. The monoisotopic (exact) mass is 295 g/mol. The second-order valence-electron chi connectivity index (χ2n) is 7.69. The van der Waals surface area contributed by atoms with E-state index in [9.17, 15) is 0 Å². The summed E-state index contributed by atoms with van der Waals surface area (Å²) in [6.45, 7) is 9.77. The molecular weight excluding hydrogens is 258 g/mol. The van der Waals surface area contributed by atoms with Crippen molar-refractivity contribution in [1.82, 2.24) is 15.1 Å². The quantitative estimate of drug-likeness (QED) is 0.760. The van der Waals surface area contributed by atoms with Crippen molar-refractivity contribution in [3.8, 4) is 0 Å². The molecule has 124 valence electrons. The molecule has 1 aliphatic heterocycles. The van der Waals surface area contributed by atoms with Gasteiger partial charge in [-0.05, 0) is 51.7 Å². The first-order chi connectivity index (χ1) is 10.1. The molecule has 0 aromatic heterocycles.